The van der Waals surface area contributed by atoms with Crippen LogP contribution in [0.2, 0.25) is 0 Å². The fourth-order valence-corrected chi connectivity index (χ4v) is 0.827. The van der Waals surface area contributed by atoms with Crippen LogP contribution in [0.1, 0.15) is 19.8 Å². The van der Waals surface area contributed by atoms with Crippen LogP contribution in [0.15, 0.2) is 0 Å². The molecule has 0 fully saturated rings. The second-order valence-corrected chi connectivity index (χ2v) is 3.32. The summed E-state index contributed by atoms with van der Waals surface area (Å²) in [5, 5.41) is 0. The molecule has 0 aliphatic carbocycles. The maximum Gasteiger partial charge on any atom is 0.423 e. The fourth-order valence-electron chi connectivity index (χ4n) is 0.672. The molecular formula is C9H14INO2. The van der Waals surface area contributed by atoms with Crippen molar-refractivity contribution >= 4 is 28.7 Å². The van der Waals surface area contributed by atoms with Crippen LogP contribution < -0.4 is 0 Å². The van der Waals surface area contributed by atoms with Gasteiger partial charge in [-0.1, -0.05) is 35.9 Å². The van der Waals surface area contributed by atoms with Crippen molar-refractivity contribution in [1.82, 2.24) is 4.90 Å². The Kier molecular flexibility index (Phi) is 7.90. The van der Waals surface area contributed by atoms with Gasteiger partial charge in [0.2, 0.25) is 0 Å². The SMILES string of the molecule is CCCCN(C)C(=O)OC#CCI. The second-order valence-electron chi connectivity index (χ2n) is 2.56. The Balaban J connectivity index is 3.69. The number of carbonyl (C=O) groups is 1. The third-order valence-electron chi connectivity index (χ3n) is 1.44. The van der Waals surface area contributed by atoms with Crippen molar-refractivity contribution in [2.24, 2.45) is 0 Å². The van der Waals surface area contributed by atoms with E-state index in [1.54, 1.807) is 7.05 Å². The normalized spacial score (nSPS) is 8.54. The van der Waals surface area contributed by atoms with E-state index < -0.39 is 0 Å². The molecule has 0 unspecified atom stereocenters. The lowest BCUT2D eigenvalue weighted by Crippen LogP contribution is -2.27. The van der Waals surface area contributed by atoms with Gasteiger partial charge < -0.3 is 9.64 Å². The summed E-state index contributed by atoms with van der Waals surface area (Å²) in [6, 6.07) is 0. The lowest BCUT2D eigenvalue weighted by atomic mass is 10.3. The van der Waals surface area contributed by atoms with Crippen LogP contribution in [0.3, 0.4) is 0 Å². The molecule has 3 nitrogen and oxygen atoms in total. The molecule has 0 radical (unpaired) electrons. The Morgan fingerprint density at radius 1 is 1.62 bits per heavy atom. The standard InChI is InChI=1S/C9H14INO2/c1-3-4-7-11(2)9(12)13-8-5-6-10/h3-4,6-7H2,1-2H3. The Bertz CT molecular complexity index is 207. The third-order valence-corrected chi connectivity index (χ3v) is 1.82. The quantitative estimate of drug-likeness (QED) is 0.454. The lowest BCUT2D eigenvalue weighted by Gasteiger charge is -2.12. The highest BCUT2D eigenvalue weighted by Gasteiger charge is 2.07. The van der Waals surface area contributed by atoms with Crippen molar-refractivity contribution in [1.29, 1.82) is 0 Å². The minimum Gasteiger partial charge on any atom is -0.356 e. The number of nitrogens with zero attached hydrogens (tertiary/aromatic N) is 1. The number of halogens is 1. The molecule has 0 saturated carbocycles. The average molecular weight is 295 g/mol. The van der Waals surface area contributed by atoms with E-state index in [-0.39, 0.29) is 6.09 Å². The summed E-state index contributed by atoms with van der Waals surface area (Å²) in [6.07, 6.45) is 4.03. The Morgan fingerprint density at radius 2 is 2.31 bits per heavy atom. The van der Waals surface area contributed by atoms with E-state index in [4.69, 9.17) is 0 Å². The zero-order chi connectivity index (χ0) is 10.1. The molecule has 0 N–H and O–H groups in total. The van der Waals surface area contributed by atoms with E-state index in [2.05, 4.69) is 46.3 Å². The maximum atomic E-state index is 11.1. The zero-order valence-corrected chi connectivity index (χ0v) is 10.1. The number of amides is 1. The third kappa shape index (κ3) is 6.70. The molecule has 4 heteroatoms. The van der Waals surface area contributed by atoms with Gasteiger partial charge in [-0.2, -0.15) is 0 Å². The predicted molar refractivity (Wildman–Crippen MR) is 60.7 cm³/mol. The summed E-state index contributed by atoms with van der Waals surface area (Å²) in [6.45, 7) is 2.80. The molecular weight excluding hydrogens is 281 g/mol. The first-order chi connectivity index (χ1) is 6.22. The molecule has 0 bridgehead atoms. The molecule has 74 valence electrons. The van der Waals surface area contributed by atoms with Gasteiger partial charge >= 0.3 is 6.09 Å². The van der Waals surface area contributed by atoms with E-state index in [1.165, 1.54) is 4.90 Å². The number of ether oxygens (including phenoxy) is 1. The van der Waals surface area contributed by atoms with Gasteiger partial charge in [-0.25, -0.2) is 4.79 Å². The van der Waals surface area contributed by atoms with Gasteiger partial charge in [0.25, 0.3) is 0 Å². The molecule has 0 heterocycles. The highest BCUT2D eigenvalue weighted by molar-refractivity contribution is 14.1. The molecule has 0 aliphatic heterocycles. The molecule has 0 aliphatic rings. The van der Waals surface area contributed by atoms with Crippen LogP contribution in [0, 0.1) is 12.0 Å². The van der Waals surface area contributed by atoms with Crippen molar-refractivity contribution in [3.8, 4) is 12.0 Å². The van der Waals surface area contributed by atoms with Gasteiger partial charge in [-0.15, -0.1) is 0 Å². The maximum absolute atomic E-state index is 11.1. The highest BCUT2D eigenvalue weighted by atomic mass is 127. The molecule has 0 aromatic rings. The largest absolute Gasteiger partial charge is 0.423 e. The average Bonchev–Trinajstić information content (AvgIpc) is 2.14. The van der Waals surface area contributed by atoms with Gasteiger partial charge in [-0.3, -0.25) is 0 Å². The van der Waals surface area contributed by atoms with Gasteiger partial charge in [-0.05, 0) is 12.3 Å². The molecule has 0 aromatic carbocycles. The van der Waals surface area contributed by atoms with E-state index in [9.17, 15) is 4.79 Å². The minimum atomic E-state index is -0.370. The zero-order valence-electron chi connectivity index (χ0n) is 7.97. The fraction of sp³-hybridized carbons (Fsp3) is 0.667. The van der Waals surface area contributed by atoms with Crippen molar-refractivity contribution in [2.45, 2.75) is 19.8 Å². The molecule has 0 rings (SSSR count). The van der Waals surface area contributed by atoms with Crippen LogP contribution in [0.4, 0.5) is 4.79 Å². The Labute approximate surface area is 93.0 Å². The number of hydrogen-bond donors (Lipinski definition) is 0. The smallest absolute Gasteiger partial charge is 0.356 e. The minimum absolute atomic E-state index is 0.370. The second kappa shape index (κ2) is 8.17. The molecule has 0 saturated heterocycles. The first-order valence-corrected chi connectivity index (χ1v) is 5.70. The summed E-state index contributed by atoms with van der Waals surface area (Å²) in [5.41, 5.74) is 0. The molecule has 0 atom stereocenters. The molecule has 13 heavy (non-hydrogen) atoms. The summed E-state index contributed by atoms with van der Waals surface area (Å²) in [5.74, 6) is 2.66. The first kappa shape index (κ1) is 12.6. The van der Waals surface area contributed by atoms with Crippen molar-refractivity contribution < 1.29 is 9.53 Å². The van der Waals surface area contributed by atoms with Gasteiger partial charge in [0.05, 0.1) is 4.43 Å². The van der Waals surface area contributed by atoms with Crippen LogP contribution >= 0.6 is 22.6 Å². The van der Waals surface area contributed by atoms with Crippen molar-refractivity contribution in [2.75, 3.05) is 18.0 Å². The van der Waals surface area contributed by atoms with Gasteiger partial charge in [0.15, 0.2) is 0 Å². The Morgan fingerprint density at radius 3 is 2.85 bits per heavy atom. The van der Waals surface area contributed by atoms with E-state index in [1.807, 2.05) is 0 Å². The van der Waals surface area contributed by atoms with Crippen LogP contribution in [0.5, 0.6) is 0 Å². The summed E-state index contributed by atoms with van der Waals surface area (Å²) >= 11 is 2.10. The van der Waals surface area contributed by atoms with E-state index in [0.717, 1.165) is 19.4 Å². The monoisotopic (exact) mass is 295 g/mol. The molecule has 0 spiro atoms. The topological polar surface area (TPSA) is 29.5 Å². The van der Waals surface area contributed by atoms with Crippen LogP contribution in [-0.4, -0.2) is 29.0 Å². The summed E-state index contributed by atoms with van der Waals surface area (Å²) in [4.78, 5) is 12.7. The molecule has 1 amide bonds. The van der Waals surface area contributed by atoms with Crippen molar-refractivity contribution in [3.05, 3.63) is 0 Å². The van der Waals surface area contributed by atoms with Gasteiger partial charge in [0, 0.05) is 13.6 Å². The summed E-state index contributed by atoms with van der Waals surface area (Å²) < 4.78 is 5.33. The van der Waals surface area contributed by atoms with Gasteiger partial charge in [0.1, 0.15) is 6.11 Å². The van der Waals surface area contributed by atoms with Crippen LogP contribution in [0.25, 0.3) is 0 Å². The number of rotatable bonds is 3. The summed E-state index contributed by atoms with van der Waals surface area (Å²) in [7, 11) is 1.71. The van der Waals surface area contributed by atoms with Crippen molar-refractivity contribution in [3.63, 3.8) is 0 Å². The van der Waals surface area contributed by atoms with E-state index >= 15 is 0 Å². The lowest BCUT2D eigenvalue weighted by molar-refractivity contribution is 0.153. The highest BCUT2D eigenvalue weighted by Crippen LogP contribution is 1.94. The number of unbranched alkanes of at least 4 members (excludes halogenated alkanes) is 1. The Hall–Kier alpha value is -0.440. The number of hydrogen-bond acceptors (Lipinski definition) is 2. The molecule has 0 aromatic heterocycles. The van der Waals surface area contributed by atoms with E-state index in [0.29, 0.717) is 4.43 Å². The predicted octanol–water partition coefficient (Wildman–Crippen LogP) is 2.25. The first-order valence-electron chi connectivity index (χ1n) is 4.18. The van der Waals surface area contributed by atoms with Crippen LogP contribution in [-0.2, 0) is 4.74 Å². The number of carbonyl (C=O) groups excluding carboxylic acids is 1. The number of alkyl halides is 1.